The molecule has 0 N–H and O–H groups in total. The highest BCUT2D eigenvalue weighted by Crippen LogP contribution is 2.14. The molecule has 0 radical (unpaired) electrons. The molecule has 0 saturated heterocycles. The lowest BCUT2D eigenvalue weighted by Crippen LogP contribution is -1.97. The summed E-state index contributed by atoms with van der Waals surface area (Å²) in [5, 5.41) is 0. The summed E-state index contributed by atoms with van der Waals surface area (Å²) < 4.78 is 0. The zero-order valence-electron chi connectivity index (χ0n) is 26.3. The highest BCUT2D eigenvalue weighted by atomic mass is 14.1. The van der Waals surface area contributed by atoms with Gasteiger partial charge in [-0.25, -0.2) is 0 Å². The Morgan fingerprint density at radius 2 is 0.639 bits per heavy atom. The molecule has 0 atom stereocenters. The molecule has 0 amide bonds. The van der Waals surface area contributed by atoms with Gasteiger partial charge in [0.1, 0.15) is 0 Å². The first kappa shape index (κ1) is 34.4. The molecule has 2 aromatic carbocycles. The van der Waals surface area contributed by atoms with Crippen LogP contribution in [-0.4, -0.2) is 0 Å². The second-order valence-corrected chi connectivity index (χ2v) is 13.4. The minimum Gasteiger partial charge on any atom is -0.0628 e. The average Bonchev–Trinajstić information content (AvgIpc) is 2.73. The van der Waals surface area contributed by atoms with Crippen molar-refractivity contribution in [2.24, 2.45) is 35.5 Å². The largest absolute Gasteiger partial charge is 0.0628 e. The van der Waals surface area contributed by atoms with Crippen LogP contribution >= 0.6 is 0 Å². The van der Waals surface area contributed by atoms with E-state index in [4.69, 9.17) is 0 Å². The molecule has 0 aliphatic rings. The maximum atomic E-state index is 2.36. The van der Waals surface area contributed by atoms with Gasteiger partial charge in [0.25, 0.3) is 0 Å². The van der Waals surface area contributed by atoms with Gasteiger partial charge in [0.05, 0.1) is 0 Å². The molecular formula is C36H62. The fourth-order valence-electron chi connectivity index (χ4n) is 4.25. The monoisotopic (exact) mass is 494 g/mol. The Morgan fingerprint density at radius 1 is 0.361 bits per heavy atom. The Morgan fingerprint density at radius 3 is 0.889 bits per heavy atom. The van der Waals surface area contributed by atoms with Crippen LogP contribution in [0.5, 0.6) is 0 Å². The number of hydrogen-bond acceptors (Lipinski definition) is 0. The van der Waals surface area contributed by atoms with E-state index < -0.39 is 0 Å². The third-order valence-electron chi connectivity index (χ3n) is 5.91. The van der Waals surface area contributed by atoms with Crippen molar-refractivity contribution in [1.82, 2.24) is 0 Å². The van der Waals surface area contributed by atoms with Crippen LogP contribution in [-0.2, 0) is 25.7 Å². The van der Waals surface area contributed by atoms with E-state index in [2.05, 4.69) is 132 Å². The third-order valence-corrected chi connectivity index (χ3v) is 5.91. The van der Waals surface area contributed by atoms with Crippen LogP contribution in [0.2, 0.25) is 0 Å². The SMILES string of the molecule is CC(C)CCC(C)C.CC(C)Cc1ccc(CC(C)C)cc1.CC(C)Cc1cccc(CC(C)C)c1. The van der Waals surface area contributed by atoms with Crippen molar-refractivity contribution in [3.8, 4) is 0 Å². The molecule has 2 aromatic rings. The van der Waals surface area contributed by atoms with Crippen molar-refractivity contribution in [2.75, 3.05) is 0 Å². The molecule has 0 bridgehead atoms. The fraction of sp³-hybridized carbons (Fsp3) is 0.667. The maximum Gasteiger partial charge on any atom is -0.0256 e. The van der Waals surface area contributed by atoms with Gasteiger partial charge in [-0.2, -0.15) is 0 Å². The van der Waals surface area contributed by atoms with Crippen LogP contribution in [0.15, 0.2) is 48.5 Å². The molecule has 0 spiro atoms. The predicted molar refractivity (Wildman–Crippen MR) is 166 cm³/mol. The summed E-state index contributed by atoms with van der Waals surface area (Å²) in [4.78, 5) is 0. The van der Waals surface area contributed by atoms with Crippen molar-refractivity contribution in [2.45, 2.75) is 122 Å². The molecule has 0 fully saturated rings. The first-order valence-electron chi connectivity index (χ1n) is 14.9. The van der Waals surface area contributed by atoms with Crippen molar-refractivity contribution in [3.05, 3.63) is 70.8 Å². The molecular weight excluding hydrogens is 432 g/mol. The van der Waals surface area contributed by atoms with Crippen LogP contribution in [0, 0.1) is 35.5 Å². The average molecular weight is 495 g/mol. The first-order chi connectivity index (χ1) is 16.8. The van der Waals surface area contributed by atoms with E-state index in [1.807, 2.05) is 0 Å². The molecule has 0 heterocycles. The van der Waals surface area contributed by atoms with Gasteiger partial charge >= 0.3 is 0 Å². The number of rotatable bonds is 11. The van der Waals surface area contributed by atoms with E-state index in [9.17, 15) is 0 Å². The maximum absolute atomic E-state index is 2.36. The lowest BCUT2D eigenvalue weighted by atomic mass is 9.97. The summed E-state index contributed by atoms with van der Waals surface area (Å²) in [5.41, 5.74) is 5.90. The minimum absolute atomic E-state index is 0.754. The third kappa shape index (κ3) is 20.6. The van der Waals surface area contributed by atoms with Crippen LogP contribution in [0.1, 0.15) is 118 Å². The van der Waals surface area contributed by atoms with Crippen LogP contribution in [0.25, 0.3) is 0 Å². The van der Waals surface area contributed by atoms with Gasteiger partial charge in [-0.3, -0.25) is 0 Å². The summed E-state index contributed by atoms with van der Waals surface area (Å²) in [6.07, 6.45) is 7.57. The van der Waals surface area contributed by atoms with Crippen molar-refractivity contribution in [3.63, 3.8) is 0 Å². The van der Waals surface area contributed by atoms with E-state index in [1.54, 1.807) is 0 Å². The summed E-state index contributed by atoms with van der Waals surface area (Å²) in [5.74, 6) is 4.79. The molecule has 36 heavy (non-hydrogen) atoms. The van der Waals surface area contributed by atoms with Crippen LogP contribution < -0.4 is 0 Å². The molecule has 2 rings (SSSR count). The van der Waals surface area contributed by atoms with Gasteiger partial charge in [0, 0.05) is 0 Å². The van der Waals surface area contributed by atoms with Crippen molar-refractivity contribution >= 4 is 0 Å². The quantitative estimate of drug-likeness (QED) is 0.291. The Kier molecular flexibility index (Phi) is 18.7. The summed E-state index contributed by atoms with van der Waals surface area (Å²) in [7, 11) is 0. The molecule has 0 unspecified atom stereocenters. The van der Waals surface area contributed by atoms with Gasteiger partial charge in [-0.05, 0) is 83.4 Å². The van der Waals surface area contributed by atoms with Crippen molar-refractivity contribution < 1.29 is 0 Å². The van der Waals surface area contributed by atoms with Gasteiger partial charge < -0.3 is 0 Å². The number of benzene rings is 2. The summed E-state index contributed by atoms with van der Waals surface area (Å²) in [6.45, 7) is 27.3. The van der Waals surface area contributed by atoms with E-state index >= 15 is 0 Å². The van der Waals surface area contributed by atoms with Gasteiger partial charge in [0.15, 0.2) is 0 Å². The zero-order chi connectivity index (χ0) is 27.7. The second kappa shape index (κ2) is 19.5. The standard InChI is InChI=1S/2C14H22.C8H18/c1-11(2)9-13-5-7-14(8-6-13)10-12(3)4;1-11(2)8-13-6-5-7-14(10-13)9-12(3)4;1-7(2)5-6-8(3)4/h5-8,11-12H,9-10H2,1-4H3;5-7,10-12H,8-9H2,1-4H3;7-8H,5-6H2,1-4H3. The Labute approximate surface area is 227 Å². The lowest BCUT2D eigenvalue weighted by Gasteiger charge is -2.09. The topological polar surface area (TPSA) is 0 Å². The summed E-state index contributed by atoms with van der Waals surface area (Å²) in [6, 6.07) is 18.1. The smallest absolute Gasteiger partial charge is 0.0256 e. The molecule has 0 nitrogen and oxygen atoms in total. The fourth-order valence-corrected chi connectivity index (χ4v) is 4.25. The van der Waals surface area contributed by atoms with Gasteiger partial charge in [0.2, 0.25) is 0 Å². The predicted octanol–water partition coefficient (Wildman–Crippen LogP) is 11.2. The minimum atomic E-state index is 0.754. The highest BCUT2D eigenvalue weighted by Gasteiger charge is 2.02. The Hall–Kier alpha value is -1.56. The molecule has 0 aliphatic carbocycles. The van der Waals surface area contributed by atoms with E-state index in [0.717, 1.165) is 35.5 Å². The molecule has 0 aliphatic heterocycles. The first-order valence-corrected chi connectivity index (χ1v) is 14.9. The lowest BCUT2D eigenvalue weighted by molar-refractivity contribution is 0.476. The molecule has 206 valence electrons. The molecule has 0 saturated carbocycles. The van der Waals surface area contributed by atoms with E-state index in [1.165, 1.54) is 60.8 Å². The van der Waals surface area contributed by atoms with Crippen molar-refractivity contribution in [1.29, 1.82) is 0 Å². The molecule has 0 aromatic heterocycles. The van der Waals surface area contributed by atoms with E-state index in [-0.39, 0.29) is 0 Å². The zero-order valence-corrected chi connectivity index (χ0v) is 26.3. The second-order valence-electron chi connectivity index (χ2n) is 13.4. The Balaban J connectivity index is 0.000000533. The van der Waals surface area contributed by atoms with Crippen LogP contribution in [0.3, 0.4) is 0 Å². The summed E-state index contributed by atoms with van der Waals surface area (Å²) >= 11 is 0. The Bertz CT molecular complexity index is 697. The highest BCUT2D eigenvalue weighted by molar-refractivity contribution is 5.24. The number of hydrogen-bond donors (Lipinski definition) is 0. The normalized spacial score (nSPS) is 11.3. The van der Waals surface area contributed by atoms with Gasteiger partial charge in [-0.1, -0.05) is 144 Å². The molecule has 0 heteroatoms. The van der Waals surface area contributed by atoms with E-state index in [0.29, 0.717) is 0 Å². The van der Waals surface area contributed by atoms with Gasteiger partial charge in [-0.15, -0.1) is 0 Å². The van der Waals surface area contributed by atoms with Crippen LogP contribution in [0.4, 0.5) is 0 Å².